The molecule has 31 heavy (non-hydrogen) atoms. The third-order valence-corrected chi connectivity index (χ3v) is 6.43. The summed E-state index contributed by atoms with van der Waals surface area (Å²) in [5.74, 6) is -1.02. The van der Waals surface area contributed by atoms with E-state index in [0.717, 1.165) is 27.2 Å². The van der Waals surface area contributed by atoms with E-state index in [2.05, 4.69) is 26.3 Å². The molecule has 0 spiro atoms. The zero-order valence-corrected chi connectivity index (χ0v) is 18.8. The molecule has 0 radical (unpaired) electrons. The van der Waals surface area contributed by atoms with Gasteiger partial charge in [0.25, 0.3) is 17.7 Å². The number of hydrogen-bond acceptors (Lipinski definition) is 4. The van der Waals surface area contributed by atoms with Crippen LogP contribution in [0.1, 0.15) is 48.9 Å². The van der Waals surface area contributed by atoms with Crippen LogP contribution >= 0.6 is 15.9 Å². The smallest absolute Gasteiger partial charge is 0.266 e. The number of halogens is 1. The number of anilines is 1. The van der Waals surface area contributed by atoms with E-state index in [1.54, 1.807) is 48.5 Å². The number of rotatable bonds is 6. The molecule has 1 aromatic heterocycles. The second-order valence-electron chi connectivity index (χ2n) is 7.36. The number of nitrogens with one attached hydrogen (secondary N) is 1. The number of benzene rings is 2. The molecule has 158 valence electrons. The molecule has 0 fully saturated rings. The van der Waals surface area contributed by atoms with Gasteiger partial charge in [-0.15, -0.1) is 0 Å². The lowest BCUT2D eigenvalue weighted by molar-refractivity contribution is 0.0919. The quantitative estimate of drug-likeness (QED) is 0.428. The molecule has 4 rings (SSSR count). The number of aryl methyl sites for hydroxylation is 2. The highest BCUT2D eigenvalue weighted by atomic mass is 79.9. The van der Waals surface area contributed by atoms with Crippen LogP contribution in [0.3, 0.4) is 0 Å². The highest BCUT2D eigenvalue weighted by molar-refractivity contribution is 9.10. The molecule has 2 heterocycles. The van der Waals surface area contributed by atoms with Crippen molar-refractivity contribution < 1.29 is 14.4 Å². The fraction of sp³-hybridized carbons (Fsp3) is 0.217. The predicted molar refractivity (Wildman–Crippen MR) is 120 cm³/mol. The van der Waals surface area contributed by atoms with Crippen LogP contribution in [0.5, 0.6) is 0 Å². The average molecular weight is 481 g/mol. The van der Waals surface area contributed by atoms with Gasteiger partial charge in [0.15, 0.2) is 0 Å². The minimum absolute atomic E-state index is 0.256. The topological polar surface area (TPSA) is 84.3 Å². The standard InChI is InChI=1S/C23H21BrN4O3/c1-14-20(24)15(2)27(26-14)12-6-11-25-21(29)16-7-5-8-17(13-16)28-22(30)18-9-3-4-10-19(18)23(28)31/h3-5,7-10,13H,6,11-12H2,1-2H3,(H,25,29). The van der Waals surface area contributed by atoms with E-state index >= 15 is 0 Å². The maximum Gasteiger partial charge on any atom is 0.266 e. The Bertz CT molecular complexity index is 1170. The summed E-state index contributed by atoms with van der Waals surface area (Å²) in [5, 5.41) is 7.35. The first-order valence-corrected chi connectivity index (χ1v) is 10.7. The van der Waals surface area contributed by atoms with Crippen molar-refractivity contribution in [2.75, 3.05) is 11.4 Å². The van der Waals surface area contributed by atoms with Gasteiger partial charge >= 0.3 is 0 Å². The molecule has 0 bridgehead atoms. The first-order chi connectivity index (χ1) is 14.9. The molecule has 0 unspecified atom stereocenters. The van der Waals surface area contributed by atoms with Crippen molar-refractivity contribution in [3.63, 3.8) is 0 Å². The van der Waals surface area contributed by atoms with Gasteiger partial charge in [0, 0.05) is 24.3 Å². The van der Waals surface area contributed by atoms with Crippen LogP contribution in [0.15, 0.2) is 53.0 Å². The van der Waals surface area contributed by atoms with Crippen molar-refractivity contribution in [1.82, 2.24) is 15.1 Å². The van der Waals surface area contributed by atoms with E-state index in [-0.39, 0.29) is 17.7 Å². The number of carbonyl (C=O) groups excluding carboxylic acids is 3. The second-order valence-corrected chi connectivity index (χ2v) is 8.15. The van der Waals surface area contributed by atoms with Crippen molar-refractivity contribution >= 4 is 39.3 Å². The Morgan fingerprint density at radius 3 is 2.32 bits per heavy atom. The predicted octanol–water partition coefficient (Wildman–Crippen LogP) is 3.88. The van der Waals surface area contributed by atoms with Crippen molar-refractivity contribution in [3.05, 3.63) is 81.1 Å². The number of aromatic nitrogens is 2. The van der Waals surface area contributed by atoms with Crippen LogP contribution in [0.4, 0.5) is 5.69 Å². The van der Waals surface area contributed by atoms with Crippen LogP contribution < -0.4 is 10.2 Å². The summed E-state index contributed by atoms with van der Waals surface area (Å²) in [6, 6.07) is 13.3. The number of nitrogens with zero attached hydrogens (tertiary/aromatic N) is 3. The van der Waals surface area contributed by atoms with E-state index in [4.69, 9.17) is 0 Å². The molecule has 7 nitrogen and oxygen atoms in total. The summed E-state index contributed by atoms with van der Waals surface area (Å²) in [7, 11) is 0. The van der Waals surface area contributed by atoms with Gasteiger partial charge < -0.3 is 5.32 Å². The van der Waals surface area contributed by atoms with Crippen LogP contribution in [0, 0.1) is 13.8 Å². The average Bonchev–Trinajstić information content (AvgIpc) is 3.18. The highest BCUT2D eigenvalue weighted by Crippen LogP contribution is 2.28. The van der Waals surface area contributed by atoms with Gasteiger partial charge in [0.1, 0.15) is 0 Å². The normalized spacial score (nSPS) is 12.9. The second kappa shape index (κ2) is 8.47. The summed E-state index contributed by atoms with van der Waals surface area (Å²) >= 11 is 3.51. The largest absolute Gasteiger partial charge is 0.352 e. The molecule has 0 atom stereocenters. The van der Waals surface area contributed by atoms with Gasteiger partial charge in [-0.05, 0) is 66.5 Å². The zero-order valence-electron chi connectivity index (χ0n) is 17.2. The Balaban J connectivity index is 1.40. The Labute approximate surface area is 188 Å². The summed E-state index contributed by atoms with van der Waals surface area (Å²) in [6.45, 7) is 5.10. The lowest BCUT2D eigenvalue weighted by Crippen LogP contribution is -2.30. The third-order valence-electron chi connectivity index (χ3n) is 5.29. The highest BCUT2D eigenvalue weighted by Gasteiger charge is 2.36. The molecule has 0 aliphatic carbocycles. The number of fused-ring (bicyclic) bond motifs is 1. The van der Waals surface area contributed by atoms with Gasteiger partial charge in [-0.2, -0.15) is 5.10 Å². The monoisotopic (exact) mass is 480 g/mol. The van der Waals surface area contributed by atoms with Crippen molar-refractivity contribution in [2.24, 2.45) is 0 Å². The third kappa shape index (κ3) is 3.90. The van der Waals surface area contributed by atoms with Crippen LogP contribution in [-0.4, -0.2) is 34.0 Å². The maximum atomic E-state index is 12.7. The van der Waals surface area contributed by atoms with E-state index in [1.165, 1.54) is 0 Å². The maximum absolute atomic E-state index is 12.7. The lowest BCUT2D eigenvalue weighted by atomic mass is 10.1. The van der Waals surface area contributed by atoms with E-state index in [1.807, 2.05) is 18.5 Å². The van der Waals surface area contributed by atoms with Crippen molar-refractivity contribution in [3.8, 4) is 0 Å². The minimum Gasteiger partial charge on any atom is -0.352 e. The van der Waals surface area contributed by atoms with Crippen LogP contribution in [0.2, 0.25) is 0 Å². The molecular weight excluding hydrogens is 460 g/mol. The van der Waals surface area contributed by atoms with Crippen molar-refractivity contribution in [2.45, 2.75) is 26.8 Å². The molecule has 3 aromatic rings. The lowest BCUT2D eigenvalue weighted by Gasteiger charge is -2.15. The van der Waals surface area contributed by atoms with E-state index < -0.39 is 0 Å². The molecule has 1 N–H and O–H groups in total. The van der Waals surface area contributed by atoms with Gasteiger partial charge in [-0.25, -0.2) is 4.90 Å². The Hall–Kier alpha value is -3.26. The van der Waals surface area contributed by atoms with E-state index in [0.29, 0.717) is 35.5 Å². The number of amides is 3. The van der Waals surface area contributed by atoms with Crippen molar-refractivity contribution in [1.29, 1.82) is 0 Å². The summed E-state index contributed by atoms with van der Waals surface area (Å²) in [4.78, 5) is 39.1. The first-order valence-electron chi connectivity index (χ1n) is 9.94. The van der Waals surface area contributed by atoms with Crippen LogP contribution in [-0.2, 0) is 6.54 Å². The molecular formula is C23H21BrN4O3. The Morgan fingerprint density at radius 2 is 1.71 bits per heavy atom. The Kier molecular flexibility index (Phi) is 5.73. The molecule has 0 saturated carbocycles. The summed E-state index contributed by atoms with van der Waals surface area (Å²) in [5.41, 5.74) is 3.51. The zero-order chi connectivity index (χ0) is 22.1. The van der Waals surface area contributed by atoms with Crippen LogP contribution in [0.25, 0.3) is 0 Å². The SMILES string of the molecule is Cc1nn(CCCNC(=O)c2cccc(N3C(=O)c4ccccc4C3=O)c2)c(C)c1Br. The summed E-state index contributed by atoms with van der Waals surface area (Å²) in [6.07, 6.45) is 0.720. The van der Waals surface area contributed by atoms with Gasteiger partial charge in [0.05, 0.1) is 27.0 Å². The first kappa shape index (κ1) is 21.0. The number of hydrogen-bond donors (Lipinski definition) is 1. The fourth-order valence-electron chi connectivity index (χ4n) is 3.64. The number of carbonyl (C=O) groups is 3. The van der Waals surface area contributed by atoms with Gasteiger partial charge in [-0.3, -0.25) is 19.1 Å². The van der Waals surface area contributed by atoms with Gasteiger partial charge in [-0.1, -0.05) is 18.2 Å². The molecule has 1 aliphatic heterocycles. The molecule has 0 saturated heterocycles. The Morgan fingerprint density at radius 1 is 1.03 bits per heavy atom. The summed E-state index contributed by atoms with van der Waals surface area (Å²) < 4.78 is 2.91. The molecule has 1 aliphatic rings. The minimum atomic E-state index is -0.380. The molecule has 3 amide bonds. The fourth-order valence-corrected chi connectivity index (χ4v) is 3.92. The number of imide groups is 1. The van der Waals surface area contributed by atoms with E-state index in [9.17, 15) is 14.4 Å². The molecule has 8 heteroatoms. The molecule has 2 aromatic carbocycles. The van der Waals surface area contributed by atoms with Gasteiger partial charge in [0.2, 0.25) is 0 Å².